The van der Waals surface area contributed by atoms with E-state index in [1.54, 1.807) is 6.07 Å². The summed E-state index contributed by atoms with van der Waals surface area (Å²) >= 11 is 0. The van der Waals surface area contributed by atoms with E-state index >= 15 is 0 Å². The molecule has 3 heterocycles. The molecule has 162 valence electrons. The molecule has 0 aliphatic carbocycles. The number of halogens is 1. The second-order valence-electron chi connectivity index (χ2n) is 7.97. The molecular weight excluding hydrogens is 402 g/mol. The van der Waals surface area contributed by atoms with Crippen LogP contribution >= 0.6 is 12.4 Å². The highest BCUT2D eigenvalue weighted by molar-refractivity contribution is 5.92. The maximum Gasteiger partial charge on any atom is 0.272 e. The van der Waals surface area contributed by atoms with Crippen LogP contribution in [0.25, 0.3) is 0 Å². The van der Waals surface area contributed by atoms with E-state index in [-0.39, 0.29) is 30.3 Å². The van der Waals surface area contributed by atoms with Crippen LogP contribution in [0.5, 0.6) is 0 Å². The standard InChI is InChI=1S/C22H29N5O2.ClH/c28-21(9-8-17-5-2-1-3-6-17)26-13-10-18(16-26)24-22(29)20-11-14-27(25-20)19-7-4-12-23-15-19;/h1-3,5-6,11,14,18-19,23H,4,7-10,12-13,15-16H2,(H,24,29);1H. The molecule has 4 rings (SSSR count). The third-order valence-corrected chi connectivity index (χ3v) is 5.83. The molecule has 7 nitrogen and oxygen atoms in total. The Labute approximate surface area is 183 Å². The topological polar surface area (TPSA) is 79.3 Å². The molecular formula is C22H30ClN5O2. The van der Waals surface area contributed by atoms with Crippen molar-refractivity contribution in [2.45, 2.75) is 44.2 Å². The Bertz CT molecular complexity index is 835. The number of likely N-dealkylation sites (tertiary alicyclic amines) is 1. The van der Waals surface area contributed by atoms with Crippen molar-refractivity contribution < 1.29 is 9.59 Å². The molecule has 0 spiro atoms. The summed E-state index contributed by atoms with van der Waals surface area (Å²) in [5.41, 5.74) is 1.62. The number of nitrogens with one attached hydrogen (secondary N) is 2. The fraction of sp³-hybridized carbons (Fsp3) is 0.500. The average molecular weight is 432 g/mol. The largest absolute Gasteiger partial charge is 0.346 e. The van der Waals surface area contributed by atoms with Crippen LogP contribution in [0.4, 0.5) is 0 Å². The first-order valence-electron chi connectivity index (χ1n) is 10.6. The van der Waals surface area contributed by atoms with E-state index in [2.05, 4.69) is 15.7 Å². The third-order valence-electron chi connectivity index (χ3n) is 5.83. The van der Waals surface area contributed by atoms with Gasteiger partial charge in [0.2, 0.25) is 5.91 Å². The number of benzene rings is 1. The summed E-state index contributed by atoms with van der Waals surface area (Å²) in [5.74, 6) is -0.00391. The number of rotatable bonds is 6. The molecule has 2 amide bonds. The molecule has 0 radical (unpaired) electrons. The van der Waals surface area contributed by atoms with E-state index in [1.165, 1.54) is 5.56 Å². The number of amides is 2. The van der Waals surface area contributed by atoms with Crippen molar-refractivity contribution in [1.82, 2.24) is 25.3 Å². The van der Waals surface area contributed by atoms with Crippen LogP contribution in [0.1, 0.15) is 47.8 Å². The van der Waals surface area contributed by atoms with Gasteiger partial charge in [0.15, 0.2) is 0 Å². The lowest BCUT2D eigenvalue weighted by molar-refractivity contribution is -0.130. The highest BCUT2D eigenvalue weighted by Gasteiger charge is 2.28. The van der Waals surface area contributed by atoms with Crippen LogP contribution < -0.4 is 10.6 Å². The Morgan fingerprint density at radius 1 is 1.17 bits per heavy atom. The summed E-state index contributed by atoms with van der Waals surface area (Å²) in [7, 11) is 0. The van der Waals surface area contributed by atoms with Gasteiger partial charge < -0.3 is 15.5 Å². The van der Waals surface area contributed by atoms with Crippen molar-refractivity contribution in [1.29, 1.82) is 0 Å². The van der Waals surface area contributed by atoms with Crippen molar-refractivity contribution in [3.63, 3.8) is 0 Å². The Morgan fingerprint density at radius 2 is 2.00 bits per heavy atom. The fourth-order valence-corrected chi connectivity index (χ4v) is 4.14. The van der Waals surface area contributed by atoms with E-state index in [1.807, 2.05) is 46.1 Å². The molecule has 30 heavy (non-hydrogen) atoms. The minimum Gasteiger partial charge on any atom is -0.346 e. The normalized spacial score (nSPS) is 21.1. The van der Waals surface area contributed by atoms with Crippen molar-refractivity contribution in [3.8, 4) is 0 Å². The van der Waals surface area contributed by atoms with Gasteiger partial charge in [0.05, 0.1) is 6.04 Å². The lowest BCUT2D eigenvalue weighted by Gasteiger charge is -2.22. The highest BCUT2D eigenvalue weighted by Crippen LogP contribution is 2.16. The zero-order valence-electron chi connectivity index (χ0n) is 17.1. The van der Waals surface area contributed by atoms with Crippen LogP contribution in [0, 0.1) is 0 Å². The number of hydrogen-bond acceptors (Lipinski definition) is 4. The molecule has 2 atom stereocenters. The molecule has 2 N–H and O–H groups in total. The number of aryl methyl sites for hydroxylation is 1. The predicted molar refractivity (Wildman–Crippen MR) is 118 cm³/mol. The van der Waals surface area contributed by atoms with Crippen LogP contribution in [-0.4, -0.2) is 58.7 Å². The molecule has 2 aromatic rings. The van der Waals surface area contributed by atoms with Crippen molar-refractivity contribution in [3.05, 3.63) is 53.9 Å². The second-order valence-corrected chi connectivity index (χ2v) is 7.97. The summed E-state index contributed by atoms with van der Waals surface area (Å²) in [4.78, 5) is 26.9. The van der Waals surface area contributed by atoms with E-state index in [0.29, 0.717) is 31.2 Å². The van der Waals surface area contributed by atoms with Crippen LogP contribution in [0.3, 0.4) is 0 Å². The third kappa shape index (κ3) is 5.61. The first-order valence-corrected chi connectivity index (χ1v) is 10.6. The lowest BCUT2D eigenvalue weighted by atomic mass is 10.1. The average Bonchev–Trinajstić information content (AvgIpc) is 3.43. The number of carbonyl (C=O) groups is 2. The summed E-state index contributed by atoms with van der Waals surface area (Å²) in [5, 5.41) is 10.9. The molecule has 2 aliphatic heterocycles. The van der Waals surface area contributed by atoms with Gasteiger partial charge in [0, 0.05) is 38.3 Å². The summed E-state index contributed by atoms with van der Waals surface area (Å²) < 4.78 is 1.90. The molecule has 2 unspecified atom stereocenters. The van der Waals surface area contributed by atoms with Gasteiger partial charge >= 0.3 is 0 Å². The first kappa shape index (κ1) is 22.3. The van der Waals surface area contributed by atoms with Gasteiger partial charge in [-0.2, -0.15) is 5.10 Å². The quantitative estimate of drug-likeness (QED) is 0.734. The van der Waals surface area contributed by atoms with Gasteiger partial charge in [0.25, 0.3) is 5.91 Å². The van der Waals surface area contributed by atoms with Crippen molar-refractivity contribution in [2.24, 2.45) is 0 Å². The molecule has 0 saturated carbocycles. The van der Waals surface area contributed by atoms with Crippen LogP contribution in [0.15, 0.2) is 42.6 Å². The molecule has 1 aromatic carbocycles. The molecule has 1 aromatic heterocycles. The molecule has 2 saturated heterocycles. The summed E-state index contributed by atoms with van der Waals surface area (Å²) in [6.07, 6.45) is 6.14. The molecule has 2 fully saturated rings. The van der Waals surface area contributed by atoms with E-state index in [4.69, 9.17) is 0 Å². The number of piperidine rings is 1. The van der Waals surface area contributed by atoms with Gasteiger partial charge in [0.1, 0.15) is 5.69 Å². The first-order chi connectivity index (χ1) is 14.2. The summed E-state index contributed by atoms with van der Waals surface area (Å²) in [6.45, 7) is 3.21. The Hall–Kier alpha value is -2.38. The second kappa shape index (κ2) is 10.6. The smallest absolute Gasteiger partial charge is 0.272 e. The number of carbonyl (C=O) groups excluding carboxylic acids is 2. The minimum atomic E-state index is -0.156. The Kier molecular flexibility index (Phi) is 7.87. The number of aromatic nitrogens is 2. The van der Waals surface area contributed by atoms with Gasteiger partial charge in [-0.25, -0.2) is 0 Å². The zero-order valence-corrected chi connectivity index (χ0v) is 17.9. The fourth-order valence-electron chi connectivity index (χ4n) is 4.14. The zero-order chi connectivity index (χ0) is 20.1. The molecule has 8 heteroatoms. The lowest BCUT2D eigenvalue weighted by Crippen LogP contribution is -2.38. The van der Waals surface area contributed by atoms with Crippen LogP contribution in [-0.2, 0) is 11.2 Å². The van der Waals surface area contributed by atoms with Gasteiger partial charge in [-0.05, 0) is 43.9 Å². The van der Waals surface area contributed by atoms with Crippen LogP contribution in [0.2, 0.25) is 0 Å². The van der Waals surface area contributed by atoms with E-state index in [0.717, 1.165) is 38.8 Å². The van der Waals surface area contributed by atoms with Crippen molar-refractivity contribution >= 4 is 24.2 Å². The van der Waals surface area contributed by atoms with E-state index < -0.39 is 0 Å². The SMILES string of the molecule is Cl.O=C(NC1CCN(C(=O)CCc2ccccc2)C1)c1ccn(C2CCCNC2)n1. The number of nitrogens with zero attached hydrogens (tertiary/aromatic N) is 3. The van der Waals surface area contributed by atoms with Crippen molar-refractivity contribution in [2.75, 3.05) is 26.2 Å². The Balaban J connectivity index is 0.00000256. The Morgan fingerprint density at radius 3 is 2.77 bits per heavy atom. The molecule has 2 aliphatic rings. The maximum atomic E-state index is 12.6. The maximum absolute atomic E-state index is 12.6. The summed E-state index contributed by atoms with van der Waals surface area (Å²) in [6, 6.07) is 12.1. The predicted octanol–water partition coefficient (Wildman–Crippen LogP) is 2.19. The van der Waals surface area contributed by atoms with Gasteiger partial charge in [-0.3, -0.25) is 14.3 Å². The molecule has 0 bridgehead atoms. The highest BCUT2D eigenvalue weighted by atomic mass is 35.5. The minimum absolute atomic E-state index is 0. The monoisotopic (exact) mass is 431 g/mol. The van der Waals surface area contributed by atoms with E-state index in [9.17, 15) is 9.59 Å². The van der Waals surface area contributed by atoms with Gasteiger partial charge in [-0.15, -0.1) is 12.4 Å². The number of hydrogen-bond donors (Lipinski definition) is 2. The van der Waals surface area contributed by atoms with Gasteiger partial charge in [-0.1, -0.05) is 30.3 Å².